The molecule has 0 saturated carbocycles. The third kappa shape index (κ3) is 6.58. The van der Waals surface area contributed by atoms with Gasteiger partial charge in [-0.25, -0.2) is 8.42 Å². The zero-order chi connectivity index (χ0) is 30.5. The number of benzene rings is 4. The first-order valence-corrected chi connectivity index (χ1v) is 17.0. The van der Waals surface area contributed by atoms with Crippen molar-refractivity contribution in [1.29, 1.82) is 0 Å². The fraction of sp³-hybridized carbons (Fsp3) is 0.263. The van der Waals surface area contributed by atoms with E-state index in [1.54, 1.807) is 16.4 Å². The van der Waals surface area contributed by atoms with Gasteiger partial charge in [0.25, 0.3) is 0 Å². The number of hydrogen-bond acceptors (Lipinski definition) is 3. The molecule has 0 radical (unpaired) electrons. The predicted molar refractivity (Wildman–Crippen MR) is 181 cm³/mol. The largest absolute Gasteiger partial charge is 0.350 e. The zero-order valence-corrected chi connectivity index (χ0v) is 26.5. The summed E-state index contributed by atoms with van der Waals surface area (Å²) in [5.41, 5.74) is 6.69. The van der Waals surface area contributed by atoms with Crippen molar-refractivity contribution in [3.8, 4) is 0 Å². The topological polar surface area (TPSA) is 45.6 Å². The Morgan fingerprint density at radius 3 is 2.18 bits per heavy atom. The standard InChI is InChI=1S/C38H41N3O2S/c1-30-19-21-34(22-20-30)44(42,43)41(26-23-33(27-40-24-11-12-25-40)31-13-5-3-6-14-31)29-36(32-15-7-4-8-16-32)37-28-39(2)38-18-10-9-17-35(37)38/h3-10,13-23,28,36H,11-12,24-27,29H2,1-2H3/b33-23+/t36-/m1/s1. The van der Waals surface area contributed by atoms with Crippen LogP contribution in [0.4, 0.5) is 0 Å². The molecule has 1 aliphatic heterocycles. The van der Waals surface area contributed by atoms with Gasteiger partial charge in [0.15, 0.2) is 0 Å². The fourth-order valence-corrected chi connectivity index (χ4v) is 7.77. The summed E-state index contributed by atoms with van der Waals surface area (Å²) in [7, 11) is -1.75. The first kappa shape index (κ1) is 30.1. The Kier molecular flexibility index (Phi) is 9.12. The average Bonchev–Trinajstić information content (AvgIpc) is 3.69. The summed E-state index contributed by atoms with van der Waals surface area (Å²) in [4.78, 5) is 2.79. The quantitative estimate of drug-likeness (QED) is 0.157. The molecule has 1 aromatic heterocycles. The maximum atomic E-state index is 14.5. The maximum absolute atomic E-state index is 14.5. The Morgan fingerprint density at radius 2 is 1.48 bits per heavy atom. The number of likely N-dealkylation sites (tertiary alicyclic amines) is 1. The molecule has 0 aliphatic carbocycles. The zero-order valence-electron chi connectivity index (χ0n) is 25.6. The van der Waals surface area contributed by atoms with Crippen LogP contribution in [0.3, 0.4) is 0 Å². The summed E-state index contributed by atoms with van der Waals surface area (Å²) in [6.07, 6.45) is 6.72. The SMILES string of the molecule is Cc1ccc(S(=O)(=O)N(C/C=C(\CN2CCCC2)c2ccccc2)C[C@H](c2ccccc2)c2cn(C)c3ccccc23)cc1. The first-order chi connectivity index (χ1) is 21.4. The van der Waals surface area contributed by atoms with Crippen LogP contribution in [0.15, 0.2) is 126 Å². The molecule has 4 aromatic carbocycles. The number of nitrogens with zero attached hydrogens (tertiary/aromatic N) is 3. The molecule has 0 N–H and O–H groups in total. The van der Waals surface area contributed by atoms with Crippen molar-refractivity contribution in [2.75, 3.05) is 32.7 Å². The molecule has 5 nitrogen and oxygen atoms in total. The van der Waals surface area contributed by atoms with Crippen molar-refractivity contribution >= 4 is 26.5 Å². The van der Waals surface area contributed by atoms with Gasteiger partial charge in [-0.2, -0.15) is 4.31 Å². The minimum absolute atomic E-state index is 0.158. The van der Waals surface area contributed by atoms with Crippen LogP contribution in [0.1, 0.15) is 41.0 Å². The number of sulfonamides is 1. The average molecular weight is 604 g/mol. The Hall–Kier alpha value is -3.97. The van der Waals surface area contributed by atoms with Crippen molar-refractivity contribution in [2.24, 2.45) is 7.05 Å². The van der Waals surface area contributed by atoms with E-state index in [9.17, 15) is 8.42 Å². The second-order valence-corrected chi connectivity index (χ2v) is 13.8. The monoisotopic (exact) mass is 603 g/mol. The van der Waals surface area contributed by atoms with Crippen LogP contribution in [0.5, 0.6) is 0 Å². The smallest absolute Gasteiger partial charge is 0.243 e. The summed E-state index contributed by atoms with van der Waals surface area (Å²) in [6, 6.07) is 36.3. The Morgan fingerprint density at radius 1 is 0.841 bits per heavy atom. The normalized spacial score (nSPS) is 15.3. The maximum Gasteiger partial charge on any atom is 0.243 e. The molecule has 1 atom stereocenters. The highest BCUT2D eigenvalue weighted by molar-refractivity contribution is 7.89. The number of fused-ring (bicyclic) bond motifs is 1. The molecule has 6 heteroatoms. The van der Waals surface area contributed by atoms with Gasteiger partial charge in [0.1, 0.15) is 0 Å². The summed E-state index contributed by atoms with van der Waals surface area (Å²) in [5.74, 6) is -0.158. The molecule has 0 bridgehead atoms. The predicted octanol–water partition coefficient (Wildman–Crippen LogP) is 7.49. The van der Waals surface area contributed by atoms with Gasteiger partial charge in [0.05, 0.1) is 4.90 Å². The minimum Gasteiger partial charge on any atom is -0.350 e. The van der Waals surface area contributed by atoms with Crippen LogP contribution in [-0.4, -0.2) is 54.9 Å². The van der Waals surface area contributed by atoms with E-state index in [-0.39, 0.29) is 12.5 Å². The first-order valence-electron chi connectivity index (χ1n) is 15.5. The third-order valence-corrected chi connectivity index (χ3v) is 10.7. The van der Waals surface area contributed by atoms with Gasteiger partial charge in [-0.05, 0) is 73.3 Å². The summed E-state index contributed by atoms with van der Waals surface area (Å²) < 4.78 is 32.8. The van der Waals surface area contributed by atoms with E-state index in [2.05, 4.69) is 83.4 Å². The molecule has 44 heavy (non-hydrogen) atoms. The van der Waals surface area contributed by atoms with Crippen molar-refractivity contribution in [3.05, 3.63) is 144 Å². The van der Waals surface area contributed by atoms with Crippen LogP contribution in [0.2, 0.25) is 0 Å². The lowest BCUT2D eigenvalue weighted by Gasteiger charge is -2.28. The van der Waals surface area contributed by atoms with Gasteiger partial charge in [0.2, 0.25) is 10.0 Å². The van der Waals surface area contributed by atoms with E-state index in [4.69, 9.17) is 0 Å². The summed E-state index contributed by atoms with van der Waals surface area (Å²) in [6.45, 7) is 5.54. The molecule has 1 fully saturated rings. The summed E-state index contributed by atoms with van der Waals surface area (Å²) >= 11 is 0. The second-order valence-electron chi connectivity index (χ2n) is 11.9. The van der Waals surface area contributed by atoms with E-state index in [1.165, 1.54) is 12.8 Å². The molecule has 0 unspecified atom stereocenters. The lowest BCUT2D eigenvalue weighted by molar-refractivity contribution is 0.381. The van der Waals surface area contributed by atoms with Crippen LogP contribution >= 0.6 is 0 Å². The number of aryl methyl sites for hydroxylation is 2. The Bertz CT molecular complexity index is 1820. The molecular formula is C38H41N3O2S. The number of rotatable bonds is 11. The molecule has 6 rings (SSSR count). The molecule has 5 aromatic rings. The lowest BCUT2D eigenvalue weighted by atomic mass is 9.91. The molecule has 0 spiro atoms. The molecule has 0 amide bonds. The fourth-order valence-electron chi connectivity index (χ4n) is 6.37. The number of para-hydroxylation sites is 1. The molecule has 1 saturated heterocycles. The minimum atomic E-state index is -3.81. The van der Waals surface area contributed by atoms with Crippen LogP contribution < -0.4 is 0 Å². The van der Waals surface area contributed by atoms with Crippen molar-refractivity contribution in [2.45, 2.75) is 30.6 Å². The highest BCUT2D eigenvalue weighted by atomic mass is 32.2. The van der Waals surface area contributed by atoms with E-state index >= 15 is 0 Å². The van der Waals surface area contributed by atoms with Gasteiger partial charge in [-0.3, -0.25) is 4.90 Å². The van der Waals surface area contributed by atoms with E-state index in [0.29, 0.717) is 11.4 Å². The van der Waals surface area contributed by atoms with Crippen molar-refractivity contribution < 1.29 is 8.42 Å². The Balaban J connectivity index is 1.44. The Labute approximate surface area is 262 Å². The van der Waals surface area contributed by atoms with Gasteiger partial charge in [-0.15, -0.1) is 0 Å². The number of hydrogen-bond donors (Lipinski definition) is 0. The highest BCUT2D eigenvalue weighted by Gasteiger charge is 2.30. The second kappa shape index (κ2) is 13.3. The van der Waals surface area contributed by atoms with E-state index in [1.807, 2.05) is 49.4 Å². The van der Waals surface area contributed by atoms with Crippen LogP contribution in [0, 0.1) is 6.92 Å². The third-order valence-electron chi connectivity index (χ3n) is 8.83. The van der Waals surface area contributed by atoms with Crippen molar-refractivity contribution in [3.63, 3.8) is 0 Å². The molecular weight excluding hydrogens is 563 g/mol. The summed E-state index contributed by atoms with van der Waals surface area (Å²) in [5, 5.41) is 1.14. The number of aromatic nitrogens is 1. The van der Waals surface area contributed by atoms with Gasteiger partial charge < -0.3 is 4.57 Å². The van der Waals surface area contributed by atoms with Gasteiger partial charge in [-0.1, -0.05) is 103 Å². The van der Waals surface area contributed by atoms with Crippen LogP contribution in [-0.2, 0) is 17.1 Å². The van der Waals surface area contributed by atoms with E-state index in [0.717, 1.165) is 58.4 Å². The van der Waals surface area contributed by atoms with Crippen LogP contribution in [0.25, 0.3) is 16.5 Å². The lowest BCUT2D eigenvalue weighted by Crippen LogP contribution is -2.35. The highest BCUT2D eigenvalue weighted by Crippen LogP contribution is 2.34. The van der Waals surface area contributed by atoms with Crippen molar-refractivity contribution in [1.82, 2.24) is 13.8 Å². The van der Waals surface area contributed by atoms with Gasteiger partial charge in [0, 0.05) is 49.7 Å². The molecule has 2 heterocycles. The molecule has 226 valence electrons. The molecule has 1 aliphatic rings. The van der Waals surface area contributed by atoms with Gasteiger partial charge >= 0.3 is 0 Å². The van der Waals surface area contributed by atoms with E-state index < -0.39 is 10.0 Å².